The lowest BCUT2D eigenvalue weighted by Gasteiger charge is -2.12. The third kappa shape index (κ3) is 3.79. The van der Waals surface area contributed by atoms with Crippen LogP contribution in [0.25, 0.3) is 11.1 Å². The summed E-state index contributed by atoms with van der Waals surface area (Å²) in [6.07, 6.45) is 0. The molecule has 0 fully saturated rings. The van der Waals surface area contributed by atoms with Crippen LogP contribution >= 0.6 is 44.6 Å². The van der Waals surface area contributed by atoms with Gasteiger partial charge in [0.2, 0.25) is 0 Å². The number of rotatable bonds is 3. The summed E-state index contributed by atoms with van der Waals surface area (Å²) in [5.74, 6) is -2.25. The summed E-state index contributed by atoms with van der Waals surface area (Å²) in [6.45, 7) is 0. The Balaban J connectivity index is 2.94. The first-order chi connectivity index (χ1) is 10.8. The zero-order valence-electron chi connectivity index (χ0n) is 11.0. The zero-order valence-corrected chi connectivity index (χ0v) is 15.7. The van der Waals surface area contributed by atoms with Crippen molar-refractivity contribution in [3.05, 3.63) is 45.9 Å². The van der Waals surface area contributed by atoms with E-state index in [0.717, 1.165) is 6.07 Å². The SMILES string of the molecule is O=S(=O)(Cl)c1ccc(F)c(-c2c(F)cc(Cl)c(S(=O)(=O)Cl)c2Cl)c1. The van der Waals surface area contributed by atoms with Gasteiger partial charge in [-0.1, -0.05) is 23.2 Å². The van der Waals surface area contributed by atoms with Gasteiger partial charge in [-0.25, -0.2) is 25.6 Å². The van der Waals surface area contributed by atoms with Crippen molar-refractivity contribution in [2.75, 3.05) is 0 Å². The topological polar surface area (TPSA) is 68.3 Å². The summed E-state index contributed by atoms with van der Waals surface area (Å²) in [6, 6.07) is 2.84. The van der Waals surface area contributed by atoms with Crippen LogP contribution in [0.1, 0.15) is 0 Å². The van der Waals surface area contributed by atoms with E-state index in [1.165, 1.54) is 0 Å². The van der Waals surface area contributed by atoms with Crippen LogP contribution in [-0.4, -0.2) is 16.8 Å². The Morgan fingerprint density at radius 3 is 1.92 bits per heavy atom. The molecule has 2 rings (SSSR count). The molecule has 0 amide bonds. The molecule has 0 heterocycles. The van der Waals surface area contributed by atoms with Gasteiger partial charge in [0.15, 0.2) is 0 Å². The van der Waals surface area contributed by atoms with Crippen LogP contribution in [0, 0.1) is 11.6 Å². The molecular formula is C12H4Cl4F2O4S2. The van der Waals surface area contributed by atoms with Gasteiger partial charge in [-0.05, 0) is 24.3 Å². The smallest absolute Gasteiger partial charge is 0.207 e. The van der Waals surface area contributed by atoms with E-state index >= 15 is 0 Å². The van der Waals surface area contributed by atoms with E-state index in [-0.39, 0.29) is 0 Å². The average Bonchev–Trinajstić information content (AvgIpc) is 2.36. The fourth-order valence-corrected chi connectivity index (χ4v) is 5.14. The highest BCUT2D eigenvalue weighted by Gasteiger charge is 2.27. The highest BCUT2D eigenvalue weighted by molar-refractivity contribution is 8.14. The molecule has 0 spiro atoms. The van der Waals surface area contributed by atoms with Crippen molar-refractivity contribution in [1.29, 1.82) is 0 Å². The largest absolute Gasteiger partial charge is 0.264 e. The molecule has 0 aliphatic carbocycles. The maximum absolute atomic E-state index is 14.2. The fraction of sp³-hybridized carbons (Fsp3) is 0. The third-order valence-corrected chi connectivity index (χ3v) is 6.49. The number of benzene rings is 2. The van der Waals surface area contributed by atoms with Crippen LogP contribution in [0.4, 0.5) is 8.78 Å². The summed E-state index contributed by atoms with van der Waals surface area (Å²) >= 11 is 11.5. The summed E-state index contributed by atoms with van der Waals surface area (Å²) in [7, 11) is 1.62. The van der Waals surface area contributed by atoms with Gasteiger partial charge >= 0.3 is 0 Å². The van der Waals surface area contributed by atoms with Crippen LogP contribution in [0.3, 0.4) is 0 Å². The standard InChI is InChI=1S/C12H4Cl4F2O4S2/c13-7-4-9(18)10(11(14)12(7)24(16,21)22)6-3-5(23(15,19)20)1-2-8(6)17/h1-4H. The second kappa shape index (κ2) is 6.59. The van der Waals surface area contributed by atoms with Gasteiger partial charge in [0.1, 0.15) is 16.5 Å². The minimum Gasteiger partial charge on any atom is -0.207 e. The Morgan fingerprint density at radius 1 is 0.833 bits per heavy atom. The quantitative estimate of drug-likeness (QED) is 0.623. The van der Waals surface area contributed by atoms with Crippen molar-refractivity contribution in [2.24, 2.45) is 0 Å². The minimum atomic E-state index is -4.49. The predicted octanol–water partition coefficient (Wildman–Crippen LogP) is 4.79. The van der Waals surface area contributed by atoms with Crippen molar-refractivity contribution in [3.63, 3.8) is 0 Å². The maximum atomic E-state index is 14.2. The fourth-order valence-electron chi connectivity index (χ4n) is 1.89. The molecule has 4 nitrogen and oxygen atoms in total. The van der Waals surface area contributed by atoms with Crippen molar-refractivity contribution >= 4 is 62.7 Å². The van der Waals surface area contributed by atoms with E-state index in [9.17, 15) is 25.6 Å². The molecule has 130 valence electrons. The van der Waals surface area contributed by atoms with E-state index in [4.69, 9.17) is 44.6 Å². The maximum Gasteiger partial charge on any atom is 0.264 e. The molecule has 0 saturated carbocycles. The first kappa shape index (κ1) is 19.7. The average molecular weight is 456 g/mol. The molecule has 0 aromatic heterocycles. The van der Waals surface area contributed by atoms with Gasteiger partial charge in [-0.3, -0.25) is 0 Å². The molecular weight excluding hydrogens is 452 g/mol. The second-order valence-electron chi connectivity index (χ2n) is 4.38. The lowest BCUT2D eigenvalue weighted by atomic mass is 10.0. The zero-order chi connectivity index (χ0) is 18.4. The van der Waals surface area contributed by atoms with Gasteiger partial charge in [-0.2, -0.15) is 0 Å². The van der Waals surface area contributed by atoms with Crippen molar-refractivity contribution in [3.8, 4) is 11.1 Å². The first-order valence-corrected chi connectivity index (χ1v) is 11.1. The molecule has 0 aliphatic rings. The van der Waals surface area contributed by atoms with E-state index < -0.39 is 60.7 Å². The van der Waals surface area contributed by atoms with E-state index in [1.807, 2.05) is 0 Å². The van der Waals surface area contributed by atoms with Crippen LogP contribution < -0.4 is 0 Å². The van der Waals surface area contributed by atoms with Crippen LogP contribution in [0.15, 0.2) is 34.1 Å². The molecule has 2 aromatic rings. The monoisotopic (exact) mass is 454 g/mol. The lowest BCUT2D eigenvalue weighted by molar-refractivity contribution is 0.602. The van der Waals surface area contributed by atoms with Gasteiger partial charge in [0.05, 0.1) is 14.9 Å². The molecule has 0 N–H and O–H groups in total. The third-order valence-electron chi connectivity index (χ3n) is 2.86. The van der Waals surface area contributed by atoms with E-state index in [1.54, 1.807) is 0 Å². The number of hydrogen-bond donors (Lipinski definition) is 0. The molecule has 0 aliphatic heterocycles. The molecule has 0 saturated heterocycles. The minimum absolute atomic E-state index is 0.540. The Labute approximate surface area is 154 Å². The number of hydrogen-bond acceptors (Lipinski definition) is 4. The van der Waals surface area contributed by atoms with E-state index in [0.29, 0.717) is 18.2 Å². The molecule has 0 bridgehead atoms. The van der Waals surface area contributed by atoms with Crippen molar-refractivity contribution < 1.29 is 25.6 Å². The summed E-state index contributed by atoms with van der Waals surface area (Å²) in [5.41, 5.74) is -1.35. The first-order valence-electron chi connectivity index (χ1n) is 5.70. The predicted molar refractivity (Wildman–Crippen MR) is 87.9 cm³/mol. The highest BCUT2D eigenvalue weighted by Crippen LogP contribution is 2.42. The lowest BCUT2D eigenvalue weighted by Crippen LogP contribution is -2.00. The Hall–Kier alpha value is -0.640. The normalized spacial score (nSPS) is 12.4. The number of halogens is 6. The molecule has 2 aromatic carbocycles. The molecule has 0 radical (unpaired) electrons. The Morgan fingerprint density at radius 2 is 1.42 bits per heavy atom. The van der Waals surface area contributed by atoms with Crippen molar-refractivity contribution in [2.45, 2.75) is 9.79 Å². The molecule has 0 unspecified atom stereocenters. The van der Waals surface area contributed by atoms with Gasteiger partial charge in [0.25, 0.3) is 18.1 Å². The second-order valence-corrected chi connectivity index (χ2v) is 10.2. The summed E-state index contributed by atoms with van der Waals surface area (Å²) in [5, 5.41) is -1.41. The summed E-state index contributed by atoms with van der Waals surface area (Å²) < 4.78 is 74.1. The van der Waals surface area contributed by atoms with Gasteiger partial charge in [0, 0.05) is 32.5 Å². The van der Waals surface area contributed by atoms with Crippen LogP contribution in [0.2, 0.25) is 10.0 Å². The van der Waals surface area contributed by atoms with Gasteiger partial charge < -0.3 is 0 Å². The van der Waals surface area contributed by atoms with Crippen LogP contribution in [-0.2, 0) is 18.1 Å². The highest BCUT2D eigenvalue weighted by atomic mass is 35.7. The summed E-state index contributed by atoms with van der Waals surface area (Å²) in [4.78, 5) is -1.37. The van der Waals surface area contributed by atoms with Crippen molar-refractivity contribution in [1.82, 2.24) is 0 Å². The van der Waals surface area contributed by atoms with Gasteiger partial charge in [-0.15, -0.1) is 0 Å². The van der Waals surface area contributed by atoms with E-state index in [2.05, 4.69) is 0 Å². The van der Waals surface area contributed by atoms with Crippen LogP contribution in [0.5, 0.6) is 0 Å². The molecule has 24 heavy (non-hydrogen) atoms. The molecule has 12 heteroatoms. The Bertz CT molecular complexity index is 1050. The Kier molecular flexibility index (Phi) is 5.40. The molecule has 0 atom stereocenters.